The van der Waals surface area contributed by atoms with Gasteiger partial charge in [0.05, 0.1) is 0 Å². The van der Waals surface area contributed by atoms with Crippen LogP contribution in [0.3, 0.4) is 0 Å². The lowest BCUT2D eigenvalue weighted by Gasteiger charge is -2.18. The second-order valence-corrected chi connectivity index (χ2v) is 4.83. The molecule has 1 aromatic heterocycles. The van der Waals surface area contributed by atoms with Gasteiger partial charge in [-0.05, 0) is 53.6 Å². The van der Waals surface area contributed by atoms with Gasteiger partial charge >= 0.3 is 0 Å². The molecule has 0 bridgehead atoms. The number of hydrogen-bond donors (Lipinski definition) is 2. The lowest BCUT2D eigenvalue weighted by molar-refractivity contribution is 0.102. The van der Waals surface area contributed by atoms with Gasteiger partial charge in [-0.2, -0.15) is 0 Å². The quantitative estimate of drug-likeness (QED) is 0.809. The van der Waals surface area contributed by atoms with Crippen molar-refractivity contribution in [3.63, 3.8) is 0 Å². The largest absolute Gasteiger partial charge is 0.357 e. The third kappa shape index (κ3) is 1.25. The van der Waals surface area contributed by atoms with Crippen molar-refractivity contribution in [1.29, 1.82) is 0 Å². The second kappa shape index (κ2) is 3.00. The van der Waals surface area contributed by atoms with E-state index in [9.17, 15) is 4.79 Å². The predicted octanol–water partition coefficient (Wildman–Crippen LogP) is 2.85. The van der Waals surface area contributed by atoms with E-state index in [1.807, 2.05) is 12.1 Å². The topological polar surface area (TPSA) is 44.9 Å². The highest BCUT2D eigenvalue weighted by Crippen LogP contribution is 2.66. The highest BCUT2D eigenvalue weighted by atomic mass is 16.1. The van der Waals surface area contributed by atoms with Crippen LogP contribution in [-0.2, 0) is 0 Å². The number of benzene rings is 1. The first-order valence-electron chi connectivity index (χ1n) is 5.91. The van der Waals surface area contributed by atoms with Gasteiger partial charge in [-0.25, -0.2) is 0 Å². The molecule has 17 heavy (non-hydrogen) atoms. The molecule has 2 aliphatic rings. The monoisotopic (exact) mass is 224 g/mol. The van der Waals surface area contributed by atoms with Crippen LogP contribution < -0.4 is 5.32 Å². The van der Waals surface area contributed by atoms with Crippen LogP contribution >= 0.6 is 0 Å². The Hall–Kier alpha value is -2.03. The molecule has 0 radical (unpaired) electrons. The van der Waals surface area contributed by atoms with E-state index in [1.165, 1.54) is 17.5 Å². The van der Waals surface area contributed by atoms with E-state index in [2.05, 4.69) is 22.4 Å². The molecule has 1 aromatic carbocycles. The van der Waals surface area contributed by atoms with Crippen molar-refractivity contribution in [3.05, 3.63) is 53.3 Å². The van der Waals surface area contributed by atoms with E-state index in [1.54, 1.807) is 12.3 Å². The number of fused-ring (bicyclic) bond motifs is 4. The van der Waals surface area contributed by atoms with E-state index in [0.717, 1.165) is 17.5 Å². The molecule has 2 aromatic rings. The van der Waals surface area contributed by atoms with Gasteiger partial charge in [0.25, 0.3) is 5.91 Å². The average Bonchev–Trinajstić information content (AvgIpc) is 2.79. The summed E-state index contributed by atoms with van der Waals surface area (Å²) in [4.78, 5) is 14.7. The predicted molar refractivity (Wildman–Crippen MR) is 65.3 cm³/mol. The normalized spacial score (nSPS) is 23.3. The first-order chi connectivity index (χ1) is 8.33. The lowest BCUT2D eigenvalue weighted by atomic mass is 9.88. The molecular formula is C14H12N2O. The molecule has 1 heterocycles. The summed E-state index contributed by atoms with van der Waals surface area (Å²) in [6.07, 6.45) is 3.06. The van der Waals surface area contributed by atoms with Crippen LogP contribution in [0.5, 0.6) is 0 Å². The Morgan fingerprint density at radius 2 is 2.12 bits per heavy atom. The average molecular weight is 224 g/mol. The summed E-state index contributed by atoms with van der Waals surface area (Å²) < 4.78 is 0. The maximum absolute atomic E-state index is 11.8. The maximum atomic E-state index is 11.8. The molecule has 2 atom stereocenters. The molecule has 2 unspecified atom stereocenters. The summed E-state index contributed by atoms with van der Waals surface area (Å²) in [7, 11) is 0. The van der Waals surface area contributed by atoms with Crippen LogP contribution in [0.1, 0.15) is 39.9 Å². The molecular weight excluding hydrogens is 212 g/mol. The van der Waals surface area contributed by atoms with Gasteiger partial charge in [0.2, 0.25) is 0 Å². The van der Waals surface area contributed by atoms with Crippen LogP contribution in [0.2, 0.25) is 0 Å². The zero-order chi connectivity index (χ0) is 11.4. The molecule has 2 N–H and O–H groups in total. The fourth-order valence-corrected chi connectivity index (χ4v) is 2.77. The Labute approximate surface area is 98.9 Å². The molecule has 1 saturated carbocycles. The minimum Gasteiger partial charge on any atom is -0.357 e. The highest BCUT2D eigenvalue weighted by Gasteiger charge is 2.50. The Bertz CT molecular complexity index is 601. The number of aromatic amines is 1. The molecule has 2 aliphatic carbocycles. The molecule has 4 rings (SSSR count). The fourth-order valence-electron chi connectivity index (χ4n) is 2.77. The Morgan fingerprint density at radius 3 is 2.94 bits per heavy atom. The Balaban J connectivity index is 1.58. The third-order valence-corrected chi connectivity index (χ3v) is 3.78. The van der Waals surface area contributed by atoms with Crippen molar-refractivity contribution >= 4 is 11.6 Å². The van der Waals surface area contributed by atoms with Gasteiger partial charge in [0.1, 0.15) is 5.69 Å². The van der Waals surface area contributed by atoms with Crippen molar-refractivity contribution in [1.82, 2.24) is 4.98 Å². The number of aromatic nitrogens is 1. The number of hydrogen-bond acceptors (Lipinski definition) is 1. The Kier molecular flexibility index (Phi) is 1.60. The molecule has 84 valence electrons. The molecule has 0 aliphatic heterocycles. The summed E-state index contributed by atoms with van der Waals surface area (Å²) in [5.41, 5.74) is 4.40. The molecule has 0 spiro atoms. The Morgan fingerprint density at radius 1 is 1.24 bits per heavy atom. The van der Waals surface area contributed by atoms with Crippen molar-refractivity contribution in [3.8, 4) is 0 Å². The smallest absolute Gasteiger partial charge is 0.272 e. The van der Waals surface area contributed by atoms with E-state index >= 15 is 0 Å². The number of anilines is 1. The standard InChI is InChI=1S/C14H12N2O/c17-14(13-2-1-5-15-13)16-8-3-4-9-10(6-8)12-7-11(9)12/h1-6,11-12,15H,7H2,(H,16,17). The minimum atomic E-state index is -0.0818. The van der Waals surface area contributed by atoms with E-state index in [-0.39, 0.29) is 5.91 Å². The van der Waals surface area contributed by atoms with Crippen molar-refractivity contribution in [2.75, 3.05) is 5.32 Å². The number of nitrogens with one attached hydrogen (secondary N) is 2. The van der Waals surface area contributed by atoms with Crippen molar-refractivity contribution in [2.45, 2.75) is 18.3 Å². The molecule has 1 fully saturated rings. The lowest BCUT2D eigenvalue weighted by Crippen LogP contribution is -2.13. The number of H-pyrrole nitrogens is 1. The van der Waals surface area contributed by atoms with Crippen LogP contribution in [-0.4, -0.2) is 10.9 Å². The number of carbonyl (C=O) groups excluding carboxylic acids is 1. The summed E-state index contributed by atoms with van der Waals surface area (Å²) in [5.74, 6) is 1.53. The molecule has 3 nitrogen and oxygen atoms in total. The number of carbonyl (C=O) groups is 1. The fraction of sp³-hybridized carbons (Fsp3) is 0.214. The van der Waals surface area contributed by atoms with Gasteiger partial charge in [0, 0.05) is 11.9 Å². The zero-order valence-electron chi connectivity index (χ0n) is 9.23. The van der Waals surface area contributed by atoms with Gasteiger partial charge < -0.3 is 10.3 Å². The van der Waals surface area contributed by atoms with Crippen LogP contribution in [0, 0.1) is 0 Å². The summed E-state index contributed by atoms with van der Waals surface area (Å²) >= 11 is 0. The number of rotatable bonds is 2. The molecule has 1 amide bonds. The van der Waals surface area contributed by atoms with Crippen molar-refractivity contribution < 1.29 is 4.79 Å². The van der Waals surface area contributed by atoms with Crippen LogP contribution in [0.15, 0.2) is 36.5 Å². The first-order valence-corrected chi connectivity index (χ1v) is 5.91. The van der Waals surface area contributed by atoms with Crippen molar-refractivity contribution in [2.24, 2.45) is 0 Å². The maximum Gasteiger partial charge on any atom is 0.272 e. The van der Waals surface area contributed by atoms with E-state index < -0.39 is 0 Å². The number of amides is 1. The van der Waals surface area contributed by atoms with E-state index in [4.69, 9.17) is 0 Å². The second-order valence-electron chi connectivity index (χ2n) is 4.83. The highest BCUT2D eigenvalue weighted by molar-refractivity contribution is 6.03. The van der Waals surface area contributed by atoms with Gasteiger partial charge in [-0.3, -0.25) is 4.79 Å². The summed E-state index contributed by atoms with van der Waals surface area (Å²) in [6.45, 7) is 0. The first kappa shape index (κ1) is 9.05. The summed E-state index contributed by atoms with van der Waals surface area (Å²) in [5, 5.41) is 2.92. The third-order valence-electron chi connectivity index (χ3n) is 3.78. The molecule has 0 saturated heterocycles. The molecule has 3 heteroatoms. The summed E-state index contributed by atoms with van der Waals surface area (Å²) in [6, 6.07) is 9.85. The minimum absolute atomic E-state index is 0.0818. The van der Waals surface area contributed by atoms with Crippen LogP contribution in [0.4, 0.5) is 5.69 Å². The zero-order valence-corrected chi connectivity index (χ0v) is 9.23. The van der Waals surface area contributed by atoms with E-state index in [0.29, 0.717) is 5.69 Å². The van der Waals surface area contributed by atoms with Gasteiger partial charge in [-0.1, -0.05) is 6.07 Å². The van der Waals surface area contributed by atoms with Gasteiger partial charge in [-0.15, -0.1) is 0 Å². The van der Waals surface area contributed by atoms with Gasteiger partial charge in [0.15, 0.2) is 0 Å². The van der Waals surface area contributed by atoms with Crippen LogP contribution in [0.25, 0.3) is 0 Å². The SMILES string of the molecule is O=C(Nc1ccc2c(c1)C1CC21)c1ccc[nH]1.